The molecule has 1 aliphatic carbocycles. The molecule has 0 bridgehead atoms. The Morgan fingerprint density at radius 3 is 2.67 bits per heavy atom. The fourth-order valence-electron chi connectivity index (χ4n) is 1.60. The first-order chi connectivity index (χ1) is 5.62. The number of nitrogens with two attached hydrogens (primary N) is 1. The second-order valence-corrected chi connectivity index (χ2v) is 3.93. The van der Waals surface area contributed by atoms with Crippen LogP contribution in [0.1, 0.15) is 26.7 Å². The van der Waals surface area contributed by atoms with Gasteiger partial charge in [0.05, 0.1) is 6.04 Å². The quantitative estimate of drug-likeness (QED) is 0.604. The highest BCUT2D eigenvalue weighted by Gasteiger charge is 2.40. The Balaban J connectivity index is 2.49. The van der Waals surface area contributed by atoms with Gasteiger partial charge in [-0.2, -0.15) is 0 Å². The molecule has 0 heterocycles. The smallest absolute Gasteiger partial charge is 0.0663 e. The molecule has 1 aliphatic rings. The molecule has 0 aromatic carbocycles. The molecular weight excluding hydrogens is 148 g/mol. The lowest BCUT2D eigenvalue weighted by atomic mass is 9.95. The summed E-state index contributed by atoms with van der Waals surface area (Å²) >= 11 is 0. The number of nitrogens with one attached hydrogen (secondary N) is 1. The van der Waals surface area contributed by atoms with Gasteiger partial charge in [0.15, 0.2) is 0 Å². The van der Waals surface area contributed by atoms with Crippen molar-refractivity contribution in [1.29, 1.82) is 0 Å². The van der Waals surface area contributed by atoms with Crippen molar-refractivity contribution < 1.29 is 0 Å². The summed E-state index contributed by atoms with van der Waals surface area (Å²) in [6, 6.07) is 0.124. The van der Waals surface area contributed by atoms with Crippen LogP contribution in [0, 0.1) is 18.3 Å². The zero-order valence-corrected chi connectivity index (χ0v) is 7.93. The molecule has 2 heteroatoms. The minimum atomic E-state index is 0.0613. The lowest BCUT2D eigenvalue weighted by molar-refractivity contribution is 0.308. The van der Waals surface area contributed by atoms with Crippen molar-refractivity contribution in [2.45, 2.75) is 38.3 Å². The van der Waals surface area contributed by atoms with Gasteiger partial charge in [-0.1, -0.05) is 5.92 Å². The summed E-state index contributed by atoms with van der Waals surface area (Å²) in [5.41, 5.74) is 5.78. The summed E-state index contributed by atoms with van der Waals surface area (Å²) in [6.07, 6.45) is 7.88. The molecule has 2 atom stereocenters. The first-order valence-corrected chi connectivity index (χ1v) is 4.56. The molecule has 0 saturated heterocycles. The van der Waals surface area contributed by atoms with E-state index < -0.39 is 0 Å². The Hall–Kier alpha value is -0.520. The predicted octanol–water partition coefficient (Wildman–Crippen LogP) is 0.725. The van der Waals surface area contributed by atoms with Gasteiger partial charge in [-0.25, -0.2) is 0 Å². The van der Waals surface area contributed by atoms with Crippen LogP contribution < -0.4 is 11.1 Å². The molecule has 0 aromatic rings. The van der Waals surface area contributed by atoms with Gasteiger partial charge in [-0.05, 0) is 32.6 Å². The SMILES string of the molecule is C#CC(C)NC(C)(CN)C1CC1. The van der Waals surface area contributed by atoms with E-state index in [-0.39, 0.29) is 11.6 Å². The second-order valence-electron chi connectivity index (χ2n) is 3.93. The van der Waals surface area contributed by atoms with Gasteiger partial charge in [-0.3, -0.25) is 5.32 Å². The van der Waals surface area contributed by atoms with Crippen molar-refractivity contribution >= 4 is 0 Å². The van der Waals surface area contributed by atoms with Gasteiger partial charge >= 0.3 is 0 Å². The van der Waals surface area contributed by atoms with Gasteiger partial charge < -0.3 is 5.73 Å². The molecule has 0 spiro atoms. The molecule has 1 saturated carbocycles. The minimum absolute atomic E-state index is 0.0613. The Labute approximate surface area is 74.9 Å². The molecule has 2 nitrogen and oxygen atoms in total. The molecule has 0 aromatic heterocycles. The topological polar surface area (TPSA) is 38.0 Å². The fraction of sp³-hybridized carbons (Fsp3) is 0.800. The lowest BCUT2D eigenvalue weighted by Gasteiger charge is -2.31. The number of hydrogen-bond acceptors (Lipinski definition) is 2. The van der Waals surface area contributed by atoms with E-state index in [0.717, 1.165) is 5.92 Å². The van der Waals surface area contributed by atoms with Crippen molar-refractivity contribution in [3.05, 3.63) is 0 Å². The van der Waals surface area contributed by atoms with Gasteiger partial charge in [0, 0.05) is 12.1 Å². The van der Waals surface area contributed by atoms with E-state index >= 15 is 0 Å². The fourth-order valence-corrected chi connectivity index (χ4v) is 1.60. The lowest BCUT2D eigenvalue weighted by Crippen LogP contribution is -2.53. The highest BCUT2D eigenvalue weighted by atomic mass is 15.0. The van der Waals surface area contributed by atoms with Crippen LogP contribution in [0.2, 0.25) is 0 Å². The van der Waals surface area contributed by atoms with Gasteiger partial charge in [0.2, 0.25) is 0 Å². The summed E-state index contributed by atoms with van der Waals surface area (Å²) < 4.78 is 0. The van der Waals surface area contributed by atoms with E-state index in [0.29, 0.717) is 6.54 Å². The molecular formula is C10H18N2. The van der Waals surface area contributed by atoms with Crippen molar-refractivity contribution in [3.63, 3.8) is 0 Å². The van der Waals surface area contributed by atoms with Crippen LogP contribution in [-0.2, 0) is 0 Å². The second kappa shape index (κ2) is 3.47. The maximum Gasteiger partial charge on any atom is 0.0663 e. The van der Waals surface area contributed by atoms with E-state index in [1.165, 1.54) is 12.8 Å². The summed E-state index contributed by atoms with van der Waals surface area (Å²) in [4.78, 5) is 0. The van der Waals surface area contributed by atoms with Crippen molar-refractivity contribution in [1.82, 2.24) is 5.32 Å². The standard InChI is InChI=1S/C10H18N2/c1-4-8(2)12-10(3,7-11)9-5-6-9/h1,8-9,12H,5-7,11H2,2-3H3. The van der Waals surface area contributed by atoms with Crippen molar-refractivity contribution in [2.24, 2.45) is 11.7 Å². The average molecular weight is 166 g/mol. The highest BCUT2D eigenvalue weighted by molar-refractivity contribution is 5.05. The zero-order valence-electron chi connectivity index (χ0n) is 7.93. The summed E-state index contributed by atoms with van der Waals surface area (Å²) in [5, 5.41) is 3.39. The largest absolute Gasteiger partial charge is 0.329 e. The minimum Gasteiger partial charge on any atom is -0.329 e. The summed E-state index contributed by atoms with van der Waals surface area (Å²) in [6.45, 7) is 4.83. The van der Waals surface area contributed by atoms with Crippen LogP contribution in [0.3, 0.4) is 0 Å². The molecule has 12 heavy (non-hydrogen) atoms. The van der Waals surface area contributed by atoms with Gasteiger partial charge in [-0.15, -0.1) is 6.42 Å². The summed E-state index contributed by atoms with van der Waals surface area (Å²) in [7, 11) is 0. The third-order valence-electron chi connectivity index (χ3n) is 2.70. The third-order valence-corrected chi connectivity index (χ3v) is 2.70. The predicted molar refractivity (Wildman–Crippen MR) is 51.6 cm³/mol. The van der Waals surface area contributed by atoms with Crippen LogP contribution in [0.5, 0.6) is 0 Å². The van der Waals surface area contributed by atoms with Crippen LogP contribution in [-0.4, -0.2) is 18.1 Å². The number of hydrogen-bond donors (Lipinski definition) is 2. The van der Waals surface area contributed by atoms with Crippen LogP contribution in [0.15, 0.2) is 0 Å². The molecule has 1 rings (SSSR count). The normalized spacial score (nSPS) is 24.2. The van der Waals surface area contributed by atoms with E-state index in [2.05, 4.69) is 18.2 Å². The maximum atomic E-state index is 5.72. The van der Waals surface area contributed by atoms with Crippen LogP contribution in [0.4, 0.5) is 0 Å². The first kappa shape index (κ1) is 9.57. The number of rotatable bonds is 4. The van der Waals surface area contributed by atoms with E-state index in [1.54, 1.807) is 0 Å². The Morgan fingerprint density at radius 1 is 1.75 bits per heavy atom. The van der Waals surface area contributed by atoms with Crippen LogP contribution in [0.25, 0.3) is 0 Å². The van der Waals surface area contributed by atoms with Crippen LogP contribution >= 0.6 is 0 Å². The molecule has 0 amide bonds. The van der Waals surface area contributed by atoms with E-state index in [4.69, 9.17) is 12.2 Å². The monoisotopic (exact) mass is 166 g/mol. The van der Waals surface area contributed by atoms with Gasteiger partial charge in [0.1, 0.15) is 0 Å². The molecule has 3 N–H and O–H groups in total. The summed E-state index contributed by atoms with van der Waals surface area (Å²) in [5.74, 6) is 3.41. The molecule has 2 unspecified atom stereocenters. The van der Waals surface area contributed by atoms with Crippen molar-refractivity contribution in [2.75, 3.05) is 6.54 Å². The molecule has 68 valence electrons. The molecule has 1 fully saturated rings. The maximum absolute atomic E-state index is 5.72. The number of terminal acetylenes is 1. The molecule has 0 radical (unpaired) electrons. The Morgan fingerprint density at radius 2 is 2.33 bits per heavy atom. The Bertz CT molecular complexity index is 191. The zero-order chi connectivity index (χ0) is 9.19. The van der Waals surface area contributed by atoms with Crippen molar-refractivity contribution in [3.8, 4) is 12.3 Å². The first-order valence-electron chi connectivity index (χ1n) is 4.56. The van der Waals surface area contributed by atoms with Gasteiger partial charge in [0.25, 0.3) is 0 Å². The average Bonchev–Trinajstić information content (AvgIpc) is 2.86. The molecule has 0 aliphatic heterocycles. The highest BCUT2D eigenvalue weighted by Crippen LogP contribution is 2.39. The van der Waals surface area contributed by atoms with E-state index in [9.17, 15) is 0 Å². The third kappa shape index (κ3) is 2.00. The Kier molecular flexibility index (Phi) is 2.76. The van der Waals surface area contributed by atoms with E-state index in [1.807, 2.05) is 6.92 Å².